The van der Waals surface area contributed by atoms with E-state index in [0.717, 1.165) is 17.0 Å². The monoisotopic (exact) mass is 421 g/mol. The van der Waals surface area contributed by atoms with Gasteiger partial charge in [0, 0.05) is 50.7 Å². The smallest absolute Gasteiger partial charge is 0.296 e. The largest absolute Gasteiger partial charge is 0.497 e. The van der Waals surface area contributed by atoms with E-state index in [1.54, 1.807) is 47.0 Å². The highest BCUT2D eigenvalue weighted by atomic mass is 19.1. The van der Waals surface area contributed by atoms with Crippen LogP contribution in [0.4, 0.5) is 10.1 Å². The van der Waals surface area contributed by atoms with Crippen LogP contribution in [0.3, 0.4) is 0 Å². The molecule has 3 aromatic rings. The van der Waals surface area contributed by atoms with Gasteiger partial charge < -0.3 is 19.1 Å². The summed E-state index contributed by atoms with van der Waals surface area (Å²) in [6.07, 6.45) is 1.75. The van der Waals surface area contributed by atoms with Crippen LogP contribution < -0.4 is 9.64 Å². The Morgan fingerprint density at radius 1 is 0.968 bits per heavy atom. The SMILES string of the molecule is COc1cccc(N2CCN(C(=O)C(=O)c3cccn3Cc3ccc(F)cc3)CC2)c1. The number of rotatable bonds is 6. The summed E-state index contributed by atoms with van der Waals surface area (Å²) in [6.45, 7) is 2.62. The zero-order valence-corrected chi connectivity index (χ0v) is 17.3. The first-order chi connectivity index (χ1) is 15.0. The minimum absolute atomic E-state index is 0.309. The fraction of sp³-hybridized carbons (Fsp3) is 0.250. The van der Waals surface area contributed by atoms with Crippen LogP contribution in [0.2, 0.25) is 0 Å². The van der Waals surface area contributed by atoms with Crippen molar-refractivity contribution in [2.45, 2.75) is 6.54 Å². The third-order valence-corrected chi connectivity index (χ3v) is 5.51. The molecule has 2 heterocycles. The molecule has 2 aromatic carbocycles. The van der Waals surface area contributed by atoms with Crippen molar-refractivity contribution in [2.75, 3.05) is 38.2 Å². The van der Waals surface area contributed by atoms with Crippen molar-refractivity contribution in [1.82, 2.24) is 9.47 Å². The number of halogens is 1. The van der Waals surface area contributed by atoms with Gasteiger partial charge >= 0.3 is 0 Å². The molecule has 4 rings (SSSR count). The number of amides is 1. The Morgan fingerprint density at radius 3 is 2.42 bits per heavy atom. The molecule has 0 unspecified atom stereocenters. The van der Waals surface area contributed by atoms with Crippen LogP contribution in [0.25, 0.3) is 0 Å². The second-order valence-electron chi connectivity index (χ2n) is 7.46. The van der Waals surface area contributed by atoms with Crippen molar-refractivity contribution in [3.63, 3.8) is 0 Å². The Kier molecular flexibility index (Phi) is 6.02. The number of benzene rings is 2. The van der Waals surface area contributed by atoms with E-state index < -0.39 is 11.7 Å². The summed E-state index contributed by atoms with van der Waals surface area (Å²) in [5.41, 5.74) is 2.22. The molecule has 1 aromatic heterocycles. The second-order valence-corrected chi connectivity index (χ2v) is 7.46. The molecule has 0 N–H and O–H groups in total. The normalized spacial score (nSPS) is 13.9. The van der Waals surface area contributed by atoms with Crippen LogP contribution in [-0.2, 0) is 11.3 Å². The summed E-state index contributed by atoms with van der Waals surface area (Å²) in [5, 5.41) is 0. The van der Waals surface area contributed by atoms with E-state index in [9.17, 15) is 14.0 Å². The van der Waals surface area contributed by atoms with Crippen LogP contribution in [0.1, 0.15) is 16.1 Å². The fourth-order valence-corrected chi connectivity index (χ4v) is 3.77. The van der Waals surface area contributed by atoms with Gasteiger partial charge in [-0.15, -0.1) is 0 Å². The van der Waals surface area contributed by atoms with Gasteiger partial charge in [0.05, 0.1) is 12.8 Å². The molecule has 0 bridgehead atoms. The molecule has 1 fully saturated rings. The Morgan fingerprint density at radius 2 is 1.71 bits per heavy atom. The standard InChI is InChI=1S/C24H24FN3O3/c1-31-21-5-2-4-20(16-21)26-12-14-27(15-13-26)24(30)23(29)22-6-3-11-28(22)17-18-7-9-19(25)10-8-18/h2-11,16H,12-15,17H2,1H3. The van der Waals surface area contributed by atoms with Crippen LogP contribution in [0.15, 0.2) is 66.9 Å². The molecule has 6 nitrogen and oxygen atoms in total. The maximum Gasteiger partial charge on any atom is 0.296 e. The first-order valence-corrected chi connectivity index (χ1v) is 10.2. The third kappa shape index (κ3) is 4.60. The molecule has 1 saturated heterocycles. The molecule has 1 amide bonds. The van der Waals surface area contributed by atoms with Gasteiger partial charge in [-0.1, -0.05) is 18.2 Å². The Bertz CT molecular complexity index is 1070. The van der Waals surface area contributed by atoms with E-state index in [0.29, 0.717) is 38.4 Å². The molecule has 0 aliphatic carbocycles. The summed E-state index contributed by atoms with van der Waals surface area (Å²) in [5.74, 6) is -0.546. The predicted molar refractivity (Wildman–Crippen MR) is 116 cm³/mol. The maximum atomic E-state index is 13.1. The minimum atomic E-state index is -0.526. The minimum Gasteiger partial charge on any atom is -0.497 e. The number of ketones is 1. The van der Waals surface area contributed by atoms with Gasteiger partial charge in [0.2, 0.25) is 0 Å². The van der Waals surface area contributed by atoms with Gasteiger partial charge in [0.1, 0.15) is 11.6 Å². The van der Waals surface area contributed by atoms with E-state index >= 15 is 0 Å². The molecule has 0 radical (unpaired) electrons. The molecule has 31 heavy (non-hydrogen) atoms. The van der Waals surface area contributed by atoms with Crippen LogP contribution >= 0.6 is 0 Å². The van der Waals surface area contributed by atoms with E-state index in [1.807, 2.05) is 24.3 Å². The lowest BCUT2D eigenvalue weighted by atomic mass is 10.2. The van der Waals surface area contributed by atoms with Crippen LogP contribution in [0.5, 0.6) is 5.75 Å². The quantitative estimate of drug-likeness (QED) is 0.453. The number of methoxy groups -OCH3 is 1. The van der Waals surface area contributed by atoms with E-state index in [2.05, 4.69) is 4.90 Å². The van der Waals surface area contributed by atoms with Crippen molar-refractivity contribution in [3.05, 3.63) is 83.9 Å². The van der Waals surface area contributed by atoms with Gasteiger partial charge in [-0.25, -0.2) is 4.39 Å². The zero-order valence-electron chi connectivity index (χ0n) is 17.3. The lowest BCUT2D eigenvalue weighted by molar-refractivity contribution is -0.126. The zero-order chi connectivity index (χ0) is 21.8. The van der Waals surface area contributed by atoms with Crippen molar-refractivity contribution in [1.29, 1.82) is 0 Å². The average Bonchev–Trinajstić information content (AvgIpc) is 3.28. The van der Waals surface area contributed by atoms with E-state index in [-0.39, 0.29) is 5.82 Å². The van der Waals surface area contributed by atoms with Gasteiger partial charge in [0.25, 0.3) is 11.7 Å². The van der Waals surface area contributed by atoms with E-state index in [4.69, 9.17) is 4.74 Å². The number of carbonyl (C=O) groups excluding carboxylic acids is 2. The van der Waals surface area contributed by atoms with Crippen LogP contribution in [0, 0.1) is 5.82 Å². The lowest BCUT2D eigenvalue weighted by Gasteiger charge is -2.35. The second kappa shape index (κ2) is 9.04. The van der Waals surface area contributed by atoms with Crippen molar-refractivity contribution >= 4 is 17.4 Å². The lowest BCUT2D eigenvalue weighted by Crippen LogP contribution is -2.50. The molecule has 0 atom stereocenters. The number of Topliss-reactive ketones (excluding diaryl/α,β-unsaturated/α-hetero) is 1. The number of ether oxygens (including phenoxy) is 1. The number of hydrogen-bond donors (Lipinski definition) is 0. The number of carbonyl (C=O) groups is 2. The van der Waals surface area contributed by atoms with Crippen molar-refractivity contribution < 1.29 is 18.7 Å². The highest BCUT2D eigenvalue weighted by Gasteiger charge is 2.28. The summed E-state index contributed by atoms with van der Waals surface area (Å²) in [4.78, 5) is 29.5. The Hall–Kier alpha value is -3.61. The molecular weight excluding hydrogens is 397 g/mol. The molecule has 160 valence electrons. The average molecular weight is 421 g/mol. The predicted octanol–water partition coefficient (Wildman–Crippen LogP) is 3.22. The molecule has 0 spiro atoms. The maximum absolute atomic E-state index is 13.1. The molecule has 7 heteroatoms. The van der Waals surface area contributed by atoms with Gasteiger partial charge in [-0.3, -0.25) is 9.59 Å². The molecular formula is C24H24FN3O3. The molecule has 0 saturated carbocycles. The van der Waals surface area contributed by atoms with E-state index in [1.165, 1.54) is 12.1 Å². The number of nitrogens with zero attached hydrogens (tertiary/aromatic N) is 3. The topological polar surface area (TPSA) is 54.8 Å². The summed E-state index contributed by atoms with van der Waals surface area (Å²) < 4.78 is 20.1. The van der Waals surface area contributed by atoms with Gasteiger partial charge in [0.15, 0.2) is 0 Å². The fourth-order valence-electron chi connectivity index (χ4n) is 3.77. The molecule has 1 aliphatic heterocycles. The highest BCUT2D eigenvalue weighted by molar-refractivity contribution is 6.42. The van der Waals surface area contributed by atoms with Crippen molar-refractivity contribution in [3.8, 4) is 5.75 Å². The number of hydrogen-bond acceptors (Lipinski definition) is 4. The third-order valence-electron chi connectivity index (χ3n) is 5.51. The molecule has 1 aliphatic rings. The first kappa shape index (κ1) is 20.7. The van der Waals surface area contributed by atoms with Gasteiger partial charge in [-0.05, 0) is 42.0 Å². The summed E-state index contributed by atoms with van der Waals surface area (Å²) in [7, 11) is 1.63. The van der Waals surface area contributed by atoms with Crippen molar-refractivity contribution in [2.24, 2.45) is 0 Å². The number of anilines is 1. The van der Waals surface area contributed by atoms with Crippen LogP contribution in [-0.4, -0.2) is 54.4 Å². The Labute approximate surface area is 180 Å². The first-order valence-electron chi connectivity index (χ1n) is 10.2. The Balaban J connectivity index is 1.40. The summed E-state index contributed by atoms with van der Waals surface area (Å²) >= 11 is 0. The van der Waals surface area contributed by atoms with Gasteiger partial charge in [-0.2, -0.15) is 0 Å². The number of piperazine rings is 1. The summed E-state index contributed by atoms with van der Waals surface area (Å²) in [6, 6.07) is 17.3. The number of aromatic nitrogens is 1. The highest BCUT2D eigenvalue weighted by Crippen LogP contribution is 2.22.